The molecule has 0 aromatic carbocycles. The van der Waals surface area contributed by atoms with Crippen molar-refractivity contribution in [3.8, 4) is 0 Å². The summed E-state index contributed by atoms with van der Waals surface area (Å²) in [5.41, 5.74) is 0. The lowest BCUT2D eigenvalue weighted by atomic mass is 10.0. The molecule has 0 radical (unpaired) electrons. The van der Waals surface area contributed by atoms with Gasteiger partial charge in [-0.2, -0.15) is 0 Å². The van der Waals surface area contributed by atoms with Crippen LogP contribution in [0.5, 0.6) is 0 Å². The van der Waals surface area contributed by atoms with Gasteiger partial charge in [0.25, 0.3) is 0 Å². The molecule has 2 atom stereocenters. The first-order valence-electron chi connectivity index (χ1n) is 34.1. The predicted molar refractivity (Wildman–Crippen MR) is 329 cm³/mol. The molecule has 0 aromatic heterocycles. The summed E-state index contributed by atoms with van der Waals surface area (Å²) in [4.78, 5) is 24.5. The van der Waals surface area contributed by atoms with Crippen LogP contribution >= 0.6 is 0 Å². The van der Waals surface area contributed by atoms with Crippen molar-refractivity contribution in [3.05, 3.63) is 24.3 Å². The zero-order chi connectivity index (χ0) is 54.3. The van der Waals surface area contributed by atoms with Crippen LogP contribution in [0.2, 0.25) is 0 Å². The van der Waals surface area contributed by atoms with E-state index >= 15 is 0 Å². The lowest BCUT2D eigenvalue weighted by Gasteiger charge is -2.20. The van der Waals surface area contributed by atoms with Gasteiger partial charge in [0.15, 0.2) is 0 Å². The molecule has 75 heavy (non-hydrogen) atoms. The van der Waals surface area contributed by atoms with Gasteiger partial charge in [-0.15, -0.1) is 0 Å². The molecular weight excluding hydrogens is 923 g/mol. The van der Waals surface area contributed by atoms with Crippen molar-refractivity contribution in [2.75, 3.05) is 13.2 Å². The third kappa shape index (κ3) is 61.4. The number of nitrogens with one attached hydrogen (secondary N) is 1. The molecule has 0 fully saturated rings. The van der Waals surface area contributed by atoms with Gasteiger partial charge in [-0.05, 0) is 57.8 Å². The minimum atomic E-state index is -0.840. The predicted octanol–water partition coefficient (Wildman–Crippen LogP) is 21.8. The smallest absolute Gasteiger partial charge is 0.305 e. The summed E-state index contributed by atoms with van der Waals surface area (Å²) in [7, 11) is 0. The molecule has 0 saturated carbocycles. The van der Waals surface area contributed by atoms with Crippen molar-refractivity contribution in [2.24, 2.45) is 0 Å². The van der Waals surface area contributed by atoms with Gasteiger partial charge < -0.3 is 20.3 Å². The Bertz CT molecular complexity index is 1170. The number of aliphatic hydroxyl groups excluding tert-OH is 2. The minimum Gasteiger partial charge on any atom is -0.466 e. The Morgan fingerprint density at radius 3 is 0.960 bits per heavy atom. The Morgan fingerprint density at radius 2 is 0.627 bits per heavy atom. The standard InChI is InChI=1S/C69H133NO5/c1-3-5-7-9-11-13-15-17-38-41-45-49-53-57-61-67(72)66(65-71)70-68(73)62-58-54-50-46-42-39-35-33-31-29-27-25-23-21-19-18-20-22-24-26-28-30-32-34-36-40-44-48-52-56-60-64-75-69(74)63-59-55-51-47-43-37-16-14-12-10-8-6-4-2/h14,16,57,61,66-67,71-72H,3-13,15,17-56,58-60,62-65H2,1-2H3,(H,70,73)/b16-14-,61-57+. The van der Waals surface area contributed by atoms with Crippen LogP contribution in [0.1, 0.15) is 380 Å². The van der Waals surface area contributed by atoms with Crippen molar-refractivity contribution in [1.29, 1.82) is 0 Å². The monoisotopic (exact) mass is 1060 g/mol. The second-order valence-corrected chi connectivity index (χ2v) is 23.5. The summed E-state index contributed by atoms with van der Waals surface area (Å²) < 4.78 is 5.48. The molecule has 0 aliphatic carbocycles. The van der Waals surface area contributed by atoms with E-state index in [0.717, 1.165) is 44.9 Å². The normalized spacial score (nSPS) is 12.6. The van der Waals surface area contributed by atoms with E-state index in [1.54, 1.807) is 6.08 Å². The van der Waals surface area contributed by atoms with Crippen LogP contribution in [0.15, 0.2) is 24.3 Å². The van der Waals surface area contributed by atoms with Gasteiger partial charge in [0.05, 0.1) is 25.4 Å². The van der Waals surface area contributed by atoms with Gasteiger partial charge in [-0.1, -0.05) is 334 Å². The summed E-state index contributed by atoms with van der Waals surface area (Å²) in [6.07, 6.45) is 81.1. The molecule has 444 valence electrons. The molecule has 6 heteroatoms. The molecule has 0 heterocycles. The number of hydrogen-bond donors (Lipinski definition) is 3. The van der Waals surface area contributed by atoms with Gasteiger partial charge in [-0.25, -0.2) is 0 Å². The van der Waals surface area contributed by atoms with Crippen LogP contribution in [-0.2, 0) is 14.3 Å². The van der Waals surface area contributed by atoms with E-state index in [-0.39, 0.29) is 18.5 Å². The van der Waals surface area contributed by atoms with Crippen molar-refractivity contribution < 1.29 is 24.5 Å². The number of allylic oxidation sites excluding steroid dienone is 3. The molecule has 1 amide bonds. The number of hydrogen-bond acceptors (Lipinski definition) is 5. The van der Waals surface area contributed by atoms with Crippen molar-refractivity contribution >= 4 is 11.9 Å². The van der Waals surface area contributed by atoms with E-state index in [2.05, 4.69) is 31.3 Å². The maximum atomic E-state index is 12.5. The number of unbranched alkanes of at least 4 members (excludes halogenated alkanes) is 51. The molecule has 3 N–H and O–H groups in total. The molecule has 6 nitrogen and oxygen atoms in total. The highest BCUT2D eigenvalue weighted by Crippen LogP contribution is 2.19. The molecule has 0 spiro atoms. The van der Waals surface area contributed by atoms with Crippen molar-refractivity contribution in [1.82, 2.24) is 5.32 Å². The number of esters is 1. The third-order valence-corrected chi connectivity index (χ3v) is 16.0. The van der Waals surface area contributed by atoms with Crippen LogP contribution in [-0.4, -0.2) is 47.4 Å². The fraction of sp³-hybridized carbons (Fsp3) is 0.913. The fourth-order valence-electron chi connectivity index (χ4n) is 10.7. The zero-order valence-electron chi connectivity index (χ0n) is 50.8. The number of carbonyl (C=O) groups is 2. The summed E-state index contributed by atoms with van der Waals surface area (Å²) in [6.45, 7) is 4.91. The van der Waals surface area contributed by atoms with Crippen LogP contribution in [0, 0.1) is 0 Å². The lowest BCUT2D eigenvalue weighted by molar-refractivity contribution is -0.143. The average molecular weight is 1060 g/mol. The molecule has 0 aliphatic rings. The molecule has 2 unspecified atom stereocenters. The topological polar surface area (TPSA) is 95.9 Å². The van der Waals surface area contributed by atoms with E-state index in [9.17, 15) is 19.8 Å². The summed E-state index contributed by atoms with van der Waals surface area (Å²) >= 11 is 0. The quantitative estimate of drug-likeness (QED) is 0.0320. The highest BCUT2D eigenvalue weighted by molar-refractivity contribution is 5.76. The van der Waals surface area contributed by atoms with Crippen LogP contribution < -0.4 is 5.32 Å². The number of carbonyl (C=O) groups excluding carboxylic acids is 2. The average Bonchev–Trinajstić information content (AvgIpc) is 3.41. The maximum absolute atomic E-state index is 12.5. The summed E-state index contributed by atoms with van der Waals surface area (Å²) in [6, 6.07) is -0.624. The first-order valence-corrected chi connectivity index (χ1v) is 34.1. The Labute approximate surface area is 469 Å². The highest BCUT2D eigenvalue weighted by Gasteiger charge is 2.18. The van der Waals surface area contributed by atoms with Gasteiger partial charge in [-0.3, -0.25) is 9.59 Å². The molecule has 0 aromatic rings. The SMILES string of the molecule is CCCCCC/C=C\CCCCCCCC(=O)OCCCCCCCCCCCCCCCCCCCCCCCCCCCCCCCCCC(=O)NC(CO)C(O)/C=C/CCCCCCCCCCCCCC. The van der Waals surface area contributed by atoms with Gasteiger partial charge in [0, 0.05) is 12.8 Å². The van der Waals surface area contributed by atoms with E-state index in [0.29, 0.717) is 19.4 Å². The number of amides is 1. The van der Waals surface area contributed by atoms with E-state index in [1.807, 2.05) is 6.08 Å². The van der Waals surface area contributed by atoms with Gasteiger partial charge >= 0.3 is 5.97 Å². The van der Waals surface area contributed by atoms with Crippen molar-refractivity contribution in [2.45, 2.75) is 392 Å². The van der Waals surface area contributed by atoms with Crippen LogP contribution in [0.25, 0.3) is 0 Å². The second-order valence-electron chi connectivity index (χ2n) is 23.5. The summed E-state index contributed by atoms with van der Waals surface area (Å²) in [5, 5.41) is 23.1. The molecule has 0 aliphatic heterocycles. The second kappa shape index (κ2) is 64.9. The molecule has 0 saturated heterocycles. The minimum absolute atomic E-state index is 0.0115. The molecule has 0 rings (SSSR count). The van der Waals surface area contributed by atoms with Crippen molar-refractivity contribution in [3.63, 3.8) is 0 Å². The Kier molecular flexibility index (Phi) is 63.4. The van der Waals surface area contributed by atoms with E-state index < -0.39 is 12.1 Å². The number of aliphatic hydroxyl groups is 2. The van der Waals surface area contributed by atoms with Gasteiger partial charge in [0.2, 0.25) is 5.91 Å². The lowest BCUT2D eigenvalue weighted by Crippen LogP contribution is -2.45. The maximum Gasteiger partial charge on any atom is 0.305 e. The Hall–Kier alpha value is -1.66. The largest absolute Gasteiger partial charge is 0.466 e. The van der Waals surface area contributed by atoms with Gasteiger partial charge in [0.1, 0.15) is 0 Å². The number of rotatable bonds is 64. The zero-order valence-corrected chi connectivity index (χ0v) is 50.8. The molecular formula is C69H133NO5. The third-order valence-electron chi connectivity index (χ3n) is 16.0. The molecule has 0 bridgehead atoms. The fourth-order valence-corrected chi connectivity index (χ4v) is 10.7. The van der Waals surface area contributed by atoms with Crippen LogP contribution in [0.4, 0.5) is 0 Å². The first kappa shape index (κ1) is 73.3. The number of ether oxygens (including phenoxy) is 1. The highest BCUT2D eigenvalue weighted by atomic mass is 16.5. The Morgan fingerprint density at radius 1 is 0.360 bits per heavy atom. The van der Waals surface area contributed by atoms with Crippen LogP contribution in [0.3, 0.4) is 0 Å². The summed E-state index contributed by atoms with van der Waals surface area (Å²) in [5.74, 6) is -0.0504. The van der Waals surface area contributed by atoms with E-state index in [4.69, 9.17) is 4.74 Å². The Balaban J connectivity index is 3.33. The first-order chi connectivity index (χ1) is 37.0. The van der Waals surface area contributed by atoms with E-state index in [1.165, 1.54) is 308 Å².